The van der Waals surface area contributed by atoms with Crippen molar-refractivity contribution in [3.8, 4) is 6.07 Å². The quantitative estimate of drug-likeness (QED) is 0.648. The van der Waals surface area contributed by atoms with Gasteiger partial charge in [-0.2, -0.15) is 5.26 Å². The molecule has 0 aromatic heterocycles. The maximum Gasteiger partial charge on any atom is 0.303 e. The van der Waals surface area contributed by atoms with Crippen LogP contribution in [0.5, 0.6) is 0 Å². The van der Waals surface area contributed by atoms with Gasteiger partial charge in [0.25, 0.3) is 5.69 Å². The molecule has 1 fully saturated rings. The summed E-state index contributed by atoms with van der Waals surface area (Å²) >= 11 is 0. The number of non-ortho nitro benzene ring substituents is 1. The topological polar surface area (TPSA) is 107 Å². The first-order valence-corrected chi connectivity index (χ1v) is 5.66. The smallest absolute Gasteiger partial charge is 0.303 e. The van der Waals surface area contributed by atoms with Gasteiger partial charge in [0.2, 0.25) is 0 Å². The Hall–Kier alpha value is -2.62. The molecule has 1 heterocycles. The molecule has 2 rings (SSSR count). The number of aliphatic carboxylic acids is 1. The zero-order valence-corrected chi connectivity index (χ0v) is 9.94. The Morgan fingerprint density at radius 3 is 2.79 bits per heavy atom. The SMILES string of the molecule is N#Cc1cc([N+](=O)[O-])ccc1N1CC(CC(=O)O)C1. The molecule has 7 heteroatoms. The zero-order valence-electron chi connectivity index (χ0n) is 9.94. The summed E-state index contributed by atoms with van der Waals surface area (Å²) in [5.74, 6) is -0.770. The van der Waals surface area contributed by atoms with Gasteiger partial charge in [-0.1, -0.05) is 0 Å². The Labute approximate surface area is 108 Å². The van der Waals surface area contributed by atoms with E-state index in [1.165, 1.54) is 18.2 Å². The lowest BCUT2D eigenvalue weighted by atomic mass is 9.94. The van der Waals surface area contributed by atoms with Crippen LogP contribution in [0.3, 0.4) is 0 Å². The van der Waals surface area contributed by atoms with E-state index in [1.54, 1.807) is 0 Å². The molecule has 0 radical (unpaired) electrons. The van der Waals surface area contributed by atoms with Crippen molar-refractivity contribution in [2.45, 2.75) is 6.42 Å². The Morgan fingerprint density at radius 1 is 1.58 bits per heavy atom. The monoisotopic (exact) mass is 261 g/mol. The van der Waals surface area contributed by atoms with Crippen LogP contribution in [0.1, 0.15) is 12.0 Å². The second-order valence-electron chi connectivity index (χ2n) is 4.44. The number of carboxylic acids is 1. The van der Waals surface area contributed by atoms with E-state index in [2.05, 4.69) is 0 Å². The molecule has 1 saturated heterocycles. The molecule has 0 spiro atoms. The highest BCUT2D eigenvalue weighted by Crippen LogP contribution is 2.31. The first-order chi connectivity index (χ1) is 9.01. The van der Waals surface area contributed by atoms with Gasteiger partial charge < -0.3 is 10.0 Å². The lowest BCUT2D eigenvalue weighted by Crippen LogP contribution is -2.47. The van der Waals surface area contributed by atoms with Crippen molar-refractivity contribution in [3.05, 3.63) is 33.9 Å². The molecule has 1 aliphatic rings. The van der Waals surface area contributed by atoms with Crippen LogP contribution in [0.25, 0.3) is 0 Å². The summed E-state index contributed by atoms with van der Waals surface area (Å²) in [4.78, 5) is 22.5. The van der Waals surface area contributed by atoms with Crippen molar-refractivity contribution in [2.24, 2.45) is 5.92 Å². The van der Waals surface area contributed by atoms with Gasteiger partial charge in [0.05, 0.1) is 22.6 Å². The van der Waals surface area contributed by atoms with E-state index in [4.69, 9.17) is 10.4 Å². The summed E-state index contributed by atoms with van der Waals surface area (Å²) in [6, 6.07) is 6.05. The number of nitrogens with zero attached hydrogens (tertiary/aromatic N) is 3. The second-order valence-corrected chi connectivity index (χ2v) is 4.44. The van der Waals surface area contributed by atoms with Gasteiger partial charge in [0.1, 0.15) is 6.07 Å². The number of nitro groups is 1. The third kappa shape index (κ3) is 2.63. The minimum Gasteiger partial charge on any atom is -0.481 e. The number of hydrogen-bond acceptors (Lipinski definition) is 5. The molecule has 98 valence electrons. The van der Waals surface area contributed by atoms with E-state index < -0.39 is 10.9 Å². The number of benzene rings is 1. The highest BCUT2D eigenvalue weighted by Gasteiger charge is 2.30. The molecule has 0 atom stereocenters. The van der Waals surface area contributed by atoms with E-state index in [-0.39, 0.29) is 23.6 Å². The average molecular weight is 261 g/mol. The molecule has 1 N–H and O–H groups in total. The number of nitriles is 1. The van der Waals surface area contributed by atoms with Crippen molar-refractivity contribution in [1.29, 1.82) is 5.26 Å². The maximum absolute atomic E-state index is 10.6. The van der Waals surface area contributed by atoms with E-state index in [1.807, 2.05) is 11.0 Å². The highest BCUT2D eigenvalue weighted by molar-refractivity contribution is 5.69. The maximum atomic E-state index is 10.6. The van der Waals surface area contributed by atoms with Crippen molar-refractivity contribution in [2.75, 3.05) is 18.0 Å². The molecule has 1 aliphatic heterocycles. The van der Waals surface area contributed by atoms with Crippen molar-refractivity contribution >= 4 is 17.3 Å². The van der Waals surface area contributed by atoms with Crippen LogP contribution in [-0.4, -0.2) is 29.1 Å². The predicted molar refractivity (Wildman–Crippen MR) is 65.8 cm³/mol. The summed E-state index contributed by atoms with van der Waals surface area (Å²) in [5, 5.41) is 28.3. The van der Waals surface area contributed by atoms with Gasteiger partial charge in [-0.05, 0) is 6.07 Å². The van der Waals surface area contributed by atoms with Gasteiger partial charge in [-0.3, -0.25) is 14.9 Å². The number of nitro benzene ring substituents is 1. The minimum absolute atomic E-state index is 0.0687. The highest BCUT2D eigenvalue weighted by atomic mass is 16.6. The predicted octanol–water partition coefficient (Wildman–Crippen LogP) is 1.38. The van der Waals surface area contributed by atoms with Crippen molar-refractivity contribution in [1.82, 2.24) is 0 Å². The lowest BCUT2D eigenvalue weighted by molar-refractivity contribution is -0.384. The molecule has 7 nitrogen and oxygen atoms in total. The molecule has 19 heavy (non-hydrogen) atoms. The number of carboxylic acid groups (broad SMARTS) is 1. The van der Waals surface area contributed by atoms with E-state index in [0.717, 1.165) is 0 Å². The Kier molecular flexibility index (Phi) is 3.33. The van der Waals surface area contributed by atoms with Crippen LogP contribution in [0.4, 0.5) is 11.4 Å². The molecule has 0 saturated carbocycles. The number of carbonyl (C=O) groups is 1. The Morgan fingerprint density at radius 2 is 2.26 bits per heavy atom. The standard InChI is InChI=1S/C12H11N3O4/c13-5-9-4-10(15(18)19)1-2-11(9)14-6-8(7-14)3-12(16)17/h1-2,4,8H,3,6-7H2,(H,16,17). The van der Waals surface area contributed by atoms with Gasteiger partial charge in [0.15, 0.2) is 0 Å². The molecular weight excluding hydrogens is 250 g/mol. The zero-order chi connectivity index (χ0) is 14.0. The fourth-order valence-electron chi connectivity index (χ4n) is 2.15. The third-order valence-electron chi connectivity index (χ3n) is 3.07. The second kappa shape index (κ2) is 4.94. The summed E-state index contributed by atoms with van der Waals surface area (Å²) in [6.45, 7) is 1.11. The van der Waals surface area contributed by atoms with Gasteiger partial charge in [0, 0.05) is 31.1 Å². The van der Waals surface area contributed by atoms with Crippen LogP contribution in [-0.2, 0) is 4.79 Å². The lowest BCUT2D eigenvalue weighted by Gasteiger charge is -2.40. The summed E-state index contributed by atoms with van der Waals surface area (Å²) in [6.07, 6.45) is 0.103. The Bertz CT molecular complexity index is 573. The van der Waals surface area contributed by atoms with E-state index in [9.17, 15) is 14.9 Å². The molecule has 0 amide bonds. The normalized spacial score (nSPS) is 14.6. The van der Waals surface area contributed by atoms with Crippen LogP contribution < -0.4 is 4.90 Å². The summed E-state index contributed by atoms with van der Waals surface area (Å²) in [5.41, 5.74) is 0.737. The van der Waals surface area contributed by atoms with Gasteiger partial charge in [-0.25, -0.2) is 0 Å². The minimum atomic E-state index is -0.839. The van der Waals surface area contributed by atoms with E-state index in [0.29, 0.717) is 18.8 Å². The summed E-state index contributed by atoms with van der Waals surface area (Å²) in [7, 11) is 0. The van der Waals surface area contributed by atoms with Crippen molar-refractivity contribution in [3.63, 3.8) is 0 Å². The average Bonchev–Trinajstić information content (AvgIpc) is 2.32. The van der Waals surface area contributed by atoms with Gasteiger partial charge >= 0.3 is 5.97 Å². The largest absolute Gasteiger partial charge is 0.481 e. The fourth-order valence-corrected chi connectivity index (χ4v) is 2.15. The third-order valence-corrected chi connectivity index (χ3v) is 3.07. The Balaban J connectivity index is 2.13. The number of hydrogen-bond donors (Lipinski definition) is 1. The van der Waals surface area contributed by atoms with Gasteiger partial charge in [-0.15, -0.1) is 0 Å². The molecule has 1 aromatic rings. The van der Waals surface area contributed by atoms with Crippen LogP contribution in [0, 0.1) is 27.4 Å². The number of anilines is 1. The van der Waals surface area contributed by atoms with Crippen LogP contribution in [0.15, 0.2) is 18.2 Å². The first-order valence-electron chi connectivity index (χ1n) is 5.66. The van der Waals surface area contributed by atoms with Crippen LogP contribution in [0.2, 0.25) is 0 Å². The number of rotatable bonds is 4. The van der Waals surface area contributed by atoms with Crippen molar-refractivity contribution < 1.29 is 14.8 Å². The molecule has 0 aliphatic carbocycles. The van der Waals surface area contributed by atoms with Crippen LogP contribution >= 0.6 is 0 Å². The molecular formula is C12H11N3O4. The first kappa shape index (κ1) is 12.8. The molecule has 0 bridgehead atoms. The molecule has 0 unspecified atom stereocenters. The van der Waals surface area contributed by atoms with E-state index >= 15 is 0 Å². The fraction of sp³-hybridized carbons (Fsp3) is 0.333. The molecule has 1 aromatic carbocycles. The summed E-state index contributed by atoms with van der Waals surface area (Å²) < 4.78 is 0.